The van der Waals surface area contributed by atoms with Crippen LogP contribution in [0.4, 0.5) is 5.69 Å². The molecule has 5 nitrogen and oxygen atoms in total. The fourth-order valence-electron chi connectivity index (χ4n) is 1.60. The van der Waals surface area contributed by atoms with E-state index in [1.165, 1.54) is 42.5 Å². The number of aromatic hydroxyl groups is 1. The first-order chi connectivity index (χ1) is 9.56. The van der Waals surface area contributed by atoms with Crippen LogP contribution in [-0.4, -0.2) is 15.8 Å². The zero-order valence-corrected chi connectivity index (χ0v) is 10.4. The molecule has 0 spiro atoms. The Morgan fingerprint density at radius 3 is 2.20 bits per heavy atom. The summed E-state index contributed by atoms with van der Waals surface area (Å²) in [5.41, 5.74) is 1.16. The highest BCUT2D eigenvalue weighted by molar-refractivity contribution is 6.06. The van der Waals surface area contributed by atoms with Crippen LogP contribution < -0.4 is 0 Å². The van der Waals surface area contributed by atoms with Crippen LogP contribution in [0.1, 0.15) is 15.9 Å². The molecule has 0 heterocycles. The zero-order valence-electron chi connectivity index (χ0n) is 10.4. The van der Waals surface area contributed by atoms with Gasteiger partial charge in [0, 0.05) is 17.7 Å². The number of nitro groups is 1. The van der Waals surface area contributed by atoms with Gasteiger partial charge in [-0.15, -0.1) is 0 Å². The summed E-state index contributed by atoms with van der Waals surface area (Å²) in [6.45, 7) is 0. The monoisotopic (exact) mass is 269 g/mol. The van der Waals surface area contributed by atoms with Crippen LogP contribution >= 0.6 is 0 Å². The molecule has 0 radical (unpaired) electrons. The van der Waals surface area contributed by atoms with Gasteiger partial charge in [0.1, 0.15) is 5.75 Å². The first kappa shape index (κ1) is 13.5. The van der Waals surface area contributed by atoms with Crippen LogP contribution in [0.5, 0.6) is 5.75 Å². The zero-order chi connectivity index (χ0) is 14.5. The Balaban J connectivity index is 2.10. The summed E-state index contributed by atoms with van der Waals surface area (Å²) >= 11 is 0. The average Bonchev–Trinajstić information content (AvgIpc) is 2.46. The Morgan fingerprint density at radius 1 is 1.05 bits per heavy atom. The van der Waals surface area contributed by atoms with E-state index in [2.05, 4.69) is 0 Å². The number of nitro benzene ring substituents is 1. The molecule has 0 aliphatic heterocycles. The lowest BCUT2D eigenvalue weighted by atomic mass is 10.1. The molecular formula is C15H11NO4. The summed E-state index contributed by atoms with van der Waals surface area (Å²) in [5.74, 6) is -0.107. The third-order valence-electron chi connectivity index (χ3n) is 2.68. The normalized spacial score (nSPS) is 10.6. The quantitative estimate of drug-likeness (QED) is 0.400. The van der Waals surface area contributed by atoms with Crippen molar-refractivity contribution in [1.82, 2.24) is 0 Å². The smallest absolute Gasteiger partial charge is 0.269 e. The van der Waals surface area contributed by atoms with Crippen molar-refractivity contribution in [3.8, 4) is 5.75 Å². The molecule has 20 heavy (non-hydrogen) atoms. The Labute approximate surface area is 115 Å². The minimum Gasteiger partial charge on any atom is -0.508 e. The van der Waals surface area contributed by atoms with Gasteiger partial charge in [0.25, 0.3) is 5.69 Å². The second-order valence-electron chi connectivity index (χ2n) is 4.09. The van der Waals surface area contributed by atoms with Crippen molar-refractivity contribution in [3.05, 3.63) is 75.8 Å². The molecule has 0 aliphatic rings. The molecule has 0 atom stereocenters. The van der Waals surface area contributed by atoms with Crippen LogP contribution in [0.25, 0.3) is 6.08 Å². The van der Waals surface area contributed by atoms with Gasteiger partial charge in [0.05, 0.1) is 4.92 Å². The van der Waals surface area contributed by atoms with E-state index in [0.29, 0.717) is 11.1 Å². The second kappa shape index (κ2) is 5.79. The number of phenols is 1. The number of non-ortho nitro benzene ring substituents is 1. The molecular weight excluding hydrogens is 258 g/mol. The molecule has 0 unspecified atom stereocenters. The summed E-state index contributed by atoms with van der Waals surface area (Å²) in [4.78, 5) is 21.9. The highest BCUT2D eigenvalue weighted by Gasteiger charge is 2.04. The summed E-state index contributed by atoms with van der Waals surface area (Å²) in [5, 5.41) is 19.6. The van der Waals surface area contributed by atoms with Crippen molar-refractivity contribution < 1.29 is 14.8 Å². The van der Waals surface area contributed by atoms with Gasteiger partial charge in [0.15, 0.2) is 5.78 Å². The Kier molecular flexibility index (Phi) is 3.91. The number of phenolic OH excluding ortho intramolecular Hbond substituents is 1. The molecule has 0 aliphatic carbocycles. The Hall–Kier alpha value is -2.95. The lowest BCUT2D eigenvalue weighted by Gasteiger charge is -1.96. The summed E-state index contributed by atoms with van der Waals surface area (Å²) in [7, 11) is 0. The molecule has 5 heteroatoms. The van der Waals surface area contributed by atoms with Crippen molar-refractivity contribution >= 4 is 17.5 Å². The molecule has 0 aromatic heterocycles. The van der Waals surface area contributed by atoms with E-state index in [1.54, 1.807) is 18.2 Å². The van der Waals surface area contributed by atoms with E-state index >= 15 is 0 Å². The number of rotatable bonds is 4. The predicted molar refractivity (Wildman–Crippen MR) is 74.6 cm³/mol. The maximum atomic E-state index is 11.8. The summed E-state index contributed by atoms with van der Waals surface area (Å²) < 4.78 is 0. The summed E-state index contributed by atoms with van der Waals surface area (Å²) in [6.07, 6.45) is 2.96. The number of carbonyl (C=O) groups is 1. The number of carbonyl (C=O) groups excluding carboxylic acids is 1. The fraction of sp³-hybridized carbons (Fsp3) is 0. The number of hydrogen-bond donors (Lipinski definition) is 1. The number of allylic oxidation sites excluding steroid dienone is 1. The van der Waals surface area contributed by atoms with Gasteiger partial charge in [-0.1, -0.05) is 6.08 Å². The van der Waals surface area contributed by atoms with Crippen molar-refractivity contribution in [2.24, 2.45) is 0 Å². The first-order valence-electron chi connectivity index (χ1n) is 5.82. The van der Waals surface area contributed by atoms with Crippen molar-refractivity contribution in [2.45, 2.75) is 0 Å². The van der Waals surface area contributed by atoms with Gasteiger partial charge < -0.3 is 5.11 Å². The van der Waals surface area contributed by atoms with E-state index in [-0.39, 0.29) is 17.2 Å². The third kappa shape index (κ3) is 3.29. The standard InChI is InChI=1S/C15H11NO4/c17-14-8-4-12(5-9-14)15(18)10-3-11-1-6-13(7-2-11)16(19)20/h1-10,17H. The van der Waals surface area contributed by atoms with Crippen molar-refractivity contribution in [2.75, 3.05) is 0 Å². The minimum atomic E-state index is -0.477. The maximum absolute atomic E-state index is 11.8. The van der Waals surface area contributed by atoms with Gasteiger partial charge in [-0.05, 0) is 48.0 Å². The van der Waals surface area contributed by atoms with Crippen LogP contribution in [0.3, 0.4) is 0 Å². The van der Waals surface area contributed by atoms with Crippen LogP contribution in [0.15, 0.2) is 54.6 Å². The minimum absolute atomic E-state index is 0.00649. The van der Waals surface area contributed by atoms with Crippen molar-refractivity contribution in [3.63, 3.8) is 0 Å². The second-order valence-corrected chi connectivity index (χ2v) is 4.09. The highest BCUT2D eigenvalue weighted by Crippen LogP contribution is 2.14. The molecule has 2 aromatic carbocycles. The average molecular weight is 269 g/mol. The van der Waals surface area contributed by atoms with Crippen molar-refractivity contribution in [1.29, 1.82) is 0 Å². The number of benzene rings is 2. The molecule has 1 N–H and O–H groups in total. The van der Waals surface area contributed by atoms with Gasteiger partial charge in [0.2, 0.25) is 0 Å². The summed E-state index contributed by atoms with van der Waals surface area (Å²) in [6, 6.07) is 11.8. The van der Waals surface area contributed by atoms with E-state index in [9.17, 15) is 14.9 Å². The first-order valence-corrected chi connectivity index (χ1v) is 5.82. The topological polar surface area (TPSA) is 80.4 Å². The predicted octanol–water partition coefficient (Wildman–Crippen LogP) is 3.20. The molecule has 2 aromatic rings. The van der Waals surface area contributed by atoms with Crippen LogP contribution in [0.2, 0.25) is 0 Å². The molecule has 100 valence electrons. The van der Waals surface area contributed by atoms with E-state index in [4.69, 9.17) is 5.11 Å². The molecule has 0 saturated heterocycles. The lowest BCUT2D eigenvalue weighted by Crippen LogP contribution is -1.93. The number of hydrogen-bond acceptors (Lipinski definition) is 4. The van der Waals surface area contributed by atoms with Gasteiger partial charge >= 0.3 is 0 Å². The van der Waals surface area contributed by atoms with Crippen LogP contribution in [-0.2, 0) is 0 Å². The van der Waals surface area contributed by atoms with Gasteiger partial charge in [-0.25, -0.2) is 0 Å². The van der Waals surface area contributed by atoms with E-state index < -0.39 is 4.92 Å². The van der Waals surface area contributed by atoms with Gasteiger partial charge in [-0.2, -0.15) is 0 Å². The molecule has 0 saturated carbocycles. The largest absolute Gasteiger partial charge is 0.508 e. The lowest BCUT2D eigenvalue weighted by molar-refractivity contribution is -0.384. The maximum Gasteiger partial charge on any atom is 0.269 e. The van der Waals surface area contributed by atoms with E-state index in [0.717, 1.165) is 0 Å². The van der Waals surface area contributed by atoms with Crippen LogP contribution in [0, 0.1) is 10.1 Å². The van der Waals surface area contributed by atoms with Gasteiger partial charge in [-0.3, -0.25) is 14.9 Å². The SMILES string of the molecule is O=C(C=Cc1ccc([N+](=O)[O-])cc1)c1ccc(O)cc1. The molecule has 2 rings (SSSR count). The van der Waals surface area contributed by atoms with E-state index in [1.807, 2.05) is 0 Å². The number of ketones is 1. The fourth-order valence-corrected chi connectivity index (χ4v) is 1.60. The molecule has 0 bridgehead atoms. The third-order valence-corrected chi connectivity index (χ3v) is 2.68. The Bertz CT molecular complexity index is 657. The Morgan fingerprint density at radius 2 is 1.65 bits per heavy atom. The molecule has 0 fully saturated rings. The molecule has 0 amide bonds. The number of nitrogens with zero attached hydrogens (tertiary/aromatic N) is 1. The highest BCUT2D eigenvalue weighted by atomic mass is 16.6.